The number of nitrogens with two attached hydrogens (primary N) is 1. The average Bonchev–Trinajstić information content (AvgIpc) is 2.12. The van der Waals surface area contributed by atoms with Gasteiger partial charge in [-0.1, -0.05) is 13.8 Å². The van der Waals surface area contributed by atoms with Gasteiger partial charge in [0.1, 0.15) is 5.84 Å². The Bertz CT molecular complexity index is 148. The standard InChI is InChI=1S/C9H21N3O/c1-4-5-11-9(12-10)6-8(2)7-13-3/h8H,4-7,10H2,1-3H3,(H,11,12). The lowest BCUT2D eigenvalue weighted by Crippen LogP contribution is -2.32. The van der Waals surface area contributed by atoms with Crippen molar-refractivity contribution >= 4 is 5.84 Å². The number of hydrazine groups is 1. The summed E-state index contributed by atoms with van der Waals surface area (Å²) in [6.07, 6.45) is 1.90. The fraction of sp³-hybridized carbons (Fsp3) is 0.889. The van der Waals surface area contributed by atoms with Crippen molar-refractivity contribution in [1.82, 2.24) is 5.43 Å². The van der Waals surface area contributed by atoms with Crippen molar-refractivity contribution in [1.29, 1.82) is 0 Å². The topological polar surface area (TPSA) is 59.6 Å². The molecule has 0 fully saturated rings. The minimum absolute atomic E-state index is 0.455. The van der Waals surface area contributed by atoms with E-state index in [9.17, 15) is 0 Å². The minimum atomic E-state index is 0.455. The molecule has 0 bridgehead atoms. The molecule has 0 spiro atoms. The number of hydrogen-bond donors (Lipinski definition) is 2. The number of ether oxygens (including phenoxy) is 1. The molecule has 1 atom stereocenters. The van der Waals surface area contributed by atoms with Crippen LogP contribution in [0.15, 0.2) is 4.99 Å². The van der Waals surface area contributed by atoms with E-state index in [1.54, 1.807) is 7.11 Å². The molecule has 0 aliphatic rings. The second-order valence-electron chi connectivity index (χ2n) is 3.24. The first-order valence-corrected chi connectivity index (χ1v) is 4.73. The van der Waals surface area contributed by atoms with Gasteiger partial charge in [0.2, 0.25) is 0 Å². The molecule has 1 unspecified atom stereocenters. The second kappa shape index (κ2) is 8.01. The molecule has 0 aliphatic heterocycles. The number of nitrogens with zero attached hydrogens (tertiary/aromatic N) is 1. The van der Waals surface area contributed by atoms with Crippen molar-refractivity contribution in [3.05, 3.63) is 0 Å². The van der Waals surface area contributed by atoms with Crippen LogP contribution in [0.25, 0.3) is 0 Å². The van der Waals surface area contributed by atoms with Crippen LogP contribution in [0.2, 0.25) is 0 Å². The predicted molar refractivity (Wildman–Crippen MR) is 55.6 cm³/mol. The highest BCUT2D eigenvalue weighted by molar-refractivity contribution is 5.81. The van der Waals surface area contributed by atoms with Crippen LogP contribution in [0.1, 0.15) is 26.7 Å². The van der Waals surface area contributed by atoms with Gasteiger partial charge in [0.25, 0.3) is 0 Å². The van der Waals surface area contributed by atoms with Gasteiger partial charge in [-0.2, -0.15) is 0 Å². The molecular weight excluding hydrogens is 166 g/mol. The van der Waals surface area contributed by atoms with E-state index in [0.717, 1.165) is 31.8 Å². The molecule has 13 heavy (non-hydrogen) atoms. The van der Waals surface area contributed by atoms with E-state index in [2.05, 4.69) is 24.3 Å². The monoisotopic (exact) mass is 187 g/mol. The van der Waals surface area contributed by atoms with Crippen molar-refractivity contribution in [3.63, 3.8) is 0 Å². The molecule has 4 heteroatoms. The van der Waals surface area contributed by atoms with Gasteiger partial charge < -0.3 is 10.2 Å². The molecule has 3 N–H and O–H groups in total. The van der Waals surface area contributed by atoms with Gasteiger partial charge in [-0.05, 0) is 12.3 Å². The lowest BCUT2D eigenvalue weighted by molar-refractivity contribution is 0.162. The van der Waals surface area contributed by atoms with E-state index >= 15 is 0 Å². The molecule has 0 radical (unpaired) electrons. The molecule has 0 aromatic carbocycles. The van der Waals surface area contributed by atoms with Crippen LogP contribution in [0.4, 0.5) is 0 Å². The summed E-state index contributed by atoms with van der Waals surface area (Å²) < 4.78 is 5.03. The highest BCUT2D eigenvalue weighted by Crippen LogP contribution is 2.02. The Kier molecular flexibility index (Phi) is 7.63. The number of nitrogens with one attached hydrogen (secondary N) is 1. The van der Waals surface area contributed by atoms with Crippen LogP contribution in [-0.2, 0) is 4.74 Å². The molecule has 4 nitrogen and oxygen atoms in total. The fourth-order valence-electron chi connectivity index (χ4n) is 1.09. The number of methoxy groups -OCH3 is 1. The Hall–Kier alpha value is -0.610. The average molecular weight is 187 g/mol. The van der Waals surface area contributed by atoms with Crippen LogP contribution in [-0.4, -0.2) is 26.1 Å². The Morgan fingerprint density at radius 2 is 2.31 bits per heavy atom. The van der Waals surface area contributed by atoms with E-state index in [-0.39, 0.29) is 0 Å². The lowest BCUT2D eigenvalue weighted by Gasteiger charge is -2.11. The zero-order chi connectivity index (χ0) is 10.1. The summed E-state index contributed by atoms with van der Waals surface area (Å²) in [6, 6.07) is 0. The lowest BCUT2D eigenvalue weighted by atomic mass is 10.1. The minimum Gasteiger partial charge on any atom is -0.384 e. The molecule has 0 rings (SSSR count). The van der Waals surface area contributed by atoms with Crippen molar-refractivity contribution in [2.75, 3.05) is 20.3 Å². The van der Waals surface area contributed by atoms with E-state index < -0.39 is 0 Å². The molecular formula is C9H21N3O. The maximum Gasteiger partial charge on any atom is 0.111 e. The molecule has 0 aliphatic carbocycles. The van der Waals surface area contributed by atoms with Crippen LogP contribution in [0, 0.1) is 5.92 Å². The van der Waals surface area contributed by atoms with Gasteiger partial charge >= 0.3 is 0 Å². The number of amidine groups is 1. The second-order valence-corrected chi connectivity index (χ2v) is 3.24. The first kappa shape index (κ1) is 12.4. The van der Waals surface area contributed by atoms with E-state index in [1.165, 1.54) is 0 Å². The summed E-state index contributed by atoms with van der Waals surface area (Å²) in [6.45, 7) is 5.78. The fourth-order valence-corrected chi connectivity index (χ4v) is 1.09. The van der Waals surface area contributed by atoms with Crippen molar-refractivity contribution < 1.29 is 4.74 Å². The summed E-state index contributed by atoms with van der Waals surface area (Å²) in [7, 11) is 1.70. The van der Waals surface area contributed by atoms with Crippen LogP contribution < -0.4 is 11.3 Å². The summed E-state index contributed by atoms with van der Waals surface area (Å²) in [4.78, 5) is 4.31. The summed E-state index contributed by atoms with van der Waals surface area (Å²) in [5.74, 6) is 6.66. The van der Waals surface area contributed by atoms with Gasteiger partial charge in [0.15, 0.2) is 0 Å². The molecule has 0 amide bonds. The number of aliphatic imine (C=N–C) groups is 1. The first-order chi connectivity index (χ1) is 6.24. The van der Waals surface area contributed by atoms with Crippen LogP contribution >= 0.6 is 0 Å². The zero-order valence-electron chi connectivity index (χ0n) is 8.84. The van der Waals surface area contributed by atoms with E-state index in [0.29, 0.717) is 5.92 Å². The maximum absolute atomic E-state index is 5.34. The maximum atomic E-state index is 5.34. The Morgan fingerprint density at radius 1 is 1.62 bits per heavy atom. The summed E-state index contributed by atoms with van der Waals surface area (Å²) in [5, 5.41) is 0. The molecule has 0 heterocycles. The third kappa shape index (κ3) is 6.54. The highest BCUT2D eigenvalue weighted by atomic mass is 16.5. The molecule has 78 valence electrons. The number of hydrogen-bond acceptors (Lipinski definition) is 3. The largest absolute Gasteiger partial charge is 0.384 e. The first-order valence-electron chi connectivity index (χ1n) is 4.73. The Morgan fingerprint density at radius 3 is 2.77 bits per heavy atom. The molecule has 0 saturated heterocycles. The van der Waals surface area contributed by atoms with Gasteiger partial charge in [-0.3, -0.25) is 4.99 Å². The van der Waals surface area contributed by atoms with Gasteiger partial charge in [0, 0.05) is 26.7 Å². The third-order valence-electron chi connectivity index (χ3n) is 1.69. The van der Waals surface area contributed by atoms with Crippen LogP contribution in [0.3, 0.4) is 0 Å². The van der Waals surface area contributed by atoms with Gasteiger partial charge in [-0.25, -0.2) is 5.84 Å². The highest BCUT2D eigenvalue weighted by Gasteiger charge is 2.05. The van der Waals surface area contributed by atoms with E-state index in [1.807, 2.05) is 0 Å². The Balaban J connectivity index is 3.82. The van der Waals surface area contributed by atoms with Crippen molar-refractivity contribution in [2.24, 2.45) is 16.8 Å². The molecule has 0 aromatic rings. The number of rotatable bonds is 6. The summed E-state index contributed by atoms with van der Waals surface area (Å²) in [5.41, 5.74) is 2.62. The third-order valence-corrected chi connectivity index (χ3v) is 1.69. The normalized spacial score (nSPS) is 14.3. The smallest absolute Gasteiger partial charge is 0.111 e. The quantitative estimate of drug-likeness (QED) is 0.281. The zero-order valence-corrected chi connectivity index (χ0v) is 8.84. The van der Waals surface area contributed by atoms with E-state index in [4.69, 9.17) is 10.6 Å². The van der Waals surface area contributed by atoms with Crippen LogP contribution in [0.5, 0.6) is 0 Å². The molecule has 0 aromatic heterocycles. The van der Waals surface area contributed by atoms with Crippen molar-refractivity contribution in [2.45, 2.75) is 26.7 Å². The van der Waals surface area contributed by atoms with Crippen molar-refractivity contribution in [3.8, 4) is 0 Å². The van der Waals surface area contributed by atoms with Gasteiger partial charge in [0.05, 0.1) is 0 Å². The summed E-state index contributed by atoms with van der Waals surface area (Å²) >= 11 is 0. The SMILES string of the molecule is CCCN=C(CC(C)COC)NN. The van der Waals surface area contributed by atoms with Gasteiger partial charge in [-0.15, -0.1) is 0 Å². The predicted octanol–water partition coefficient (Wildman–Crippen LogP) is 0.931. The Labute approximate surface area is 80.5 Å². The molecule has 0 saturated carbocycles.